The smallest absolute Gasteiger partial charge is 0.422 e. The van der Waals surface area contributed by atoms with Gasteiger partial charge in [-0.2, -0.15) is 13.2 Å². The summed E-state index contributed by atoms with van der Waals surface area (Å²) in [4.78, 5) is 33.2. The number of fused-ring (bicyclic) bond motifs is 1. The number of ketones is 2. The minimum absolute atomic E-state index is 0.0118. The van der Waals surface area contributed by atoms with E-state index < -0.39 is 24.3 Å². The fourth-order valence-electron chi connectivity index (χ4n) is 3.63. The van der Waals surface area contributed by atoms with Crippen molar-refractivity contribution in [2.75, 3.05) is 39.4 Å². The van der Waals surface area contributed by atoms with E-state index in [4.69, 9.17) is 18.9 Å². The first-order valence-corrected chi connectivity index (χ1v) is 11.2. The van der Waals surface area contributed by atoms with Gasteiger partial charge in [0.1, 0.15) is 24.5 Å². The van der Waals surface area contributed by atoms with Crippen LogP contribution in [0.15, 0.2) is 54.9 Å². The predicted molar refractivity (Wildman–Crippen MR) is 132 cm³/mol. The lowest BCUT2D eigenvalue weighted by Gasteiger charge is -2.18. The van der Waals surface area contributed by atoms with Gasteiger partial charge in [0.25, 0.3) is 0 Å². The van der Waals surface area contributed by atoms with E-state index in [-0.39, 0.29) is 23.5 Å². The van der Waals surface area contributed by atoms with Crippen LogP contribution >= 0.6 is 0 Å². The summed E-state index contributed by atoms with van der Waals surface area (Å²) in [6.07, 6.45) is 0.0793. The summed E-state index contributed by atoms with van der Waals surface area (Å²) in [5, 5.41) is 3.63. The maximum atomic E-state index is 12.7. The lowest BCUT2D eigenvalue weighted by Crippen LogP contribution is -2.19. The highest BCUT2D eigenvalue weighted by Crippen LogP contribution is 2.37. The van der Waals surface area contributed by atoms with Crippen molar-refractivity contribution >= 4 is 39.5 Å². The molecule has 0 amide bonds. The third kappa shape index (κ3) is 6.27. The number of anilines is 2. The molecule has 9 nitrogen and oxygen atoms in total. The maximum absolute atomic E-state index is 12.7. The average Bonchev–Trinajstić information content (AvgIpc) is 2.89. The number of alkyl halides is 3. The molecule has 0 spiro atoms. The van der Waals surface area contributed by atoms with Gasteiger partial charge < -0.3 is 24.3 Å². The third-order valence-corrected chi connectivity index (χ3v) is 5.35. The Labute approximate surface area is 214 Å². The Morgan fingerprint density at radius 3 is 2.50 bits per heavy atom. The monoisotopic (exact) mass is 529 g/mol. The number of hydrogen-bond donors (Lipinski definition) is 1. The van der Waals surface area contributed by atoms with Crippen molar-refractivity contribution in [3.05, 3.63) is 60.5 Å². The highest BCUT2D eigenvalue weighted by molar-refractivity contribution is 6.34. The molecule has 0 radical (unpaired) electrons. The molecular weight excluding hydrogens is 507 g/mol. The van der Waals surface area contributed by atoms with E-state index in [9.17, 15) is 22.8 Å². The molecule has 1 aliphatic carbocycles. The second-order valence-electron chi connectivity index (χ2n) is 7.98. The standard InChI is InChI=1S/C26H22F3N3O6/c1-35-7-8-37-24-12-21-19(11-23(24)36-2)25(31-14-30-21)32-20-5-4-16(38-13-26(27,28)29)10-17(20)18-9-15(33)3-6-22(18)34/h3-6,9-12,14H,7-8,13H2,1-2H3,(H,30,31,32). The van der Waals surface area contributed by atoms with Crippen LogP contribution in [0.4, 0.5) is 24.7 Å². The lowest BCUT2D eigenvalue weighted by molar-refractivity contribution is -0.153. The summed E-state index contributed by atoms with van der Waals surface area (Å²) in [6.45, 7) is -0.858. The topological polar surface area (TPSA) is 109 Å². The highest BCUT2D eigenvalue weighted by Gasteiger charge is 2.29. The molecule has 0 bridgehead atoms. The number of rotatable bonds is 10. The Morgan fingerprint density at radius 1 is 0.947 bits per heavy atom. The molecule has 0 atom stereocenters. The van der Waals surface area contributed by atoms with Crippen LogP contribution in [0, 0.1) is 0 Å². The number of hydrogen-bond acceptors (Lipinski definition) is 9. The number of carbonyl (C=O) groups is 2. The van der Waals surface area contributed by atoms with E-state index in [1.165, 1.54) is 31.6 Å². The fourth-order valence-corrected chi connectivity index (χ4v) is 3.63. The Hall–Kier alpha value is -4.45. The summed E-state index contributed by atoms with van der Waals surface area (Å²) in [5.74, 6) is 0.0941. The van der Waals surface area contributed by atoms with Crippen molar-refractivity contribution in [1.29, 1.82) is 0 Å². The molecule has 1 heterocycles. The van der Waals surface area contributed by atoms with Crippen LogP contribution in [0.3, 0.4) is 0 Å². The first kappa shape index (κ1) is 26.6. The Morgan fingerprint density at radius 2 is 1.76 bits per heavy atom. The van der Waals surface area contributed by atoms with Crippen molar-refractivity contribution in [2.24, 2.45) is 0 Å². The molecule has 1 aromatic heterocycles. The van der Waals surface area contributed by atoms with Gasteiger partial charge in [-0.15, -0.1) is 0 Å². The van der Waals surface area contributed by atoms with E-state index in [1.54, 1.807) is 19.2 Å². The van der Waals surface area contributed by atoms with Crippen LogP contribution < -0.4 is 19.5 Å². The van der Waals surface area contributed by atoms with Crippen molar-refractivity contribution in [1.82, 2.24) is 9.97 Å². The van der Waals surface area contributed by atoms with Crippen LogP contribution in [0.5, 0.6) is 17.2 Å². The Bertz CT molecular complexity index is 1440. The number of carbonyl (C=O) groups excluding carboxylic acids is 2. The molecule has 0 fully saturated rings. The summed E-state index contributed by atoms with van der Waals surface area (Å²) in [7, 11) is 3.03. The molecule has 3 aromatic rings. The first-order chi connectivity index (χ1) is 18.2. The Kier molecular flexibility index (Phi) is 7.91. The highest BCUT2D eigenvalue weighted by atomic mass is 19.4. The second kappa shape index (κ2) is 11.3. The van der Waals surface area contributed by atoms with Crippen LogP contribution in [0.2, 0.25) is 0 Å². The molecule has 1 N–H and O–H groups in total. The van der Waals surface area contributed by atoms with Gasteiger partial charge >= 0.3 is 6.18 Å². The summed E-state index contributed by atoms with van der Waals surface area (Å²) in [6, 6.07) is 7.34. The van der Waals surface area contributed by atoms with Crippen LogP contribution in [-0.2, 0) is 14.3 Å². The van der Waals surface area contributed by atoms with Gasteiger partial charge in [-0.3, -0.25) is 9.59 Å². The SMILES string of the molecule is COCCOc1cc2ncnc(Nc3ccc(OCC(F)(F)F)cc3C3=CC(=O)C=CC3=O)c2cc1OC. The van der Waals surface area contributed by atoms with Gasteiger partial charge in [-0.05, 0) is 42.5 Å². The summed E-state index contributed by atoms with van der Waals surface area (Å²) in [5.41, 5.74) is 0.952. The van der Waals surface area contributed by atoms with Crippen molar-refractivity contribution < 1.29 is 41.7 Å². The van der Waals surface area contributed by atoms with E-state index in [0.717, 1.165) is 18.2 Å². The minimum atomic E-state index is -4.55. The number of benzene rings is 2. The van der Waals surface area contributed by atoms with Gasteiger partial charge in [0.05, 0.1) is 19.2 Å². The summed E-state index contributed by atoms with van der Waals surface area (Å²) >= 11 is 0. The molecule has 0 aliphatic heterocycles. The predicted octanol–water partition coefficient (Wildman–Crippen LogP) is 4.44. The molecule has 0 unspecified atom stereocenters. The molecule has 198 valence electrons. The van der Waals surface area contributed by atoms with Gasteiger partial charge in [0, 0.05) is 35.4 Å². The first-order valence-electron chi connectivity index (χ1n) is 11.2. The number of halogens is 3. The van der Waals surface area contributed by atoms with E-state index >= 15 is 0 Å². The van der Waals surface area contributed by atoms with Crippen LogP contribution in [0.1, 0.15) is 5.56 Å². The molecule has 12 heteroatoms. The quantitative estimate of drug-likeness (QED) is 0.301. The lowest BCUT2D eigenvalue weighted by atomic mass is 9.94. The number of nitrogens with one attached hydrogen (secondary N) is 1. The zero-order chi connectivity index (χ0) is 27.3. The number of aromatic nitrogens is 2. The van der Waals surface area contributed by atoms with Gasteiger partial charge in [0.15, 0.2) is 29.7 Å². The number of allylic oxidation sites excluding steroid dienone is 4. The molecule has 1 aliphatic rings. The largest absolute Gasteiger partial charge is 0.493 e. The van der Waals surface area contributed by atoms with E-state index in [0.29, 0.717) is 40.5 Å². The van der Waals surface area contributed by atoms with Crippen LogP contribution in [0.25, 0.3) is 16.5 Å². The minimum Gasteiger partial charge on any atom is -0.493 e. The van der Waals surface area contributed by atoms with Gasteiger partial charge in [-0.1, -0.05) is 0 Å². The number of ether oxygens (including phenoxy) is 4. The average molecular weight is 529 g/mol. The molecular formula is C26H22F3N3O6. The Balaban J connectivity index is 1.75. The number of methoxy groups -OCH3 is 2. The summed E-state index contributed by atoms with van der Waals surface area (Å²) < 4.78 is 59.1. The number of nitrogens with zero attached hydrogens (tertiary/aromatic N) is 2. The van der Waals surface area contributed by atoms with Crippen molar-refractivity contribution in [2.45, 2.75) is 6.18 Å². The van der Waals surface area contributed by atoms with Crippen molar-refractivity contribution in [3.63, 3.8) is 0 Å². The zero-order valence-corrected chi connectivity index (χ0v) is 20.3. The van der Waals surface area contributed by atoms with Crippen LogP contribution in [-0.4, -0.2) is 61.8 Å². The molecule has 2 aromatic carbocycles. The van der Waals surface area contributed by atoms with Gasteiger partial charge in [-0.25, -0.2) is 9.97 Å². The normalized spacial score (nSPS) is 13.4. The second-order valence-corrected chi connectivity index (χ2v) is 7.98. The fraction of sp³-hybridized carbons (Fsp3) is 0.231. The zero-order valence-electron chi connectivity index (χ0n) is 20.3. The molecule has 0 saturated carbocycles. The molecule has 0 saturated heterocycles. The van der Waals surface area contributed by atoms with Gasteiger partial charge in [0.2, 0.25) is 0 Å². The molecule has 4 rings (SSSR count). The van der Waals surface area contributed by atoms with E-state index in [1.807, 2.05) is 0 Å². The van der Waals surface area contributed by atoms with E-state index in [2.05, 4.69) is 15.3 Å². The third-order valence-electron chi connectivity index (χ3n) is 5.35. The molecule has 38 heavy (non-hydrogen) atoms. The van der Waals surface area contributed by atoms with Crippen molar-refractivity contribution in [3.8, 4) is 17.2 Å². The maximum Gasteiger partial charge on any atom is 0.422 e.